The van der Waals surface area contributed by atoms with Gasteiger partial charge in [0.15, 0.2) is 17.5 Å². The summed E-state index contributed by atoms with van der Waals surface area (Å²) >= 11 is 1.95. The van der Waals surface area contributed by atoms with Gasteiger partial charge >= 0.3 is 0 Å². The Morgan fingerprint density at radius 3 is 2.82 bits per heavy atom. The fraction of sp³-hybridized carbons (Fsp3) is 0.264. The fourth-order valence-corrected chi connectivity index (χ4v) is 13.3. The third-order valence-electron chi connectivity index (χ3n) is 15.0. The summed E-state index contributed by atoms with van der Waals surface area (Å²) in [4.78, 5) is 2.67. The molecule has 4 aliphatic carbocycles. The second kappa shape index (κ2) is 11.3. The Labute approximate surface area is 334 Å². The summed E-state index contributed by atoms with van der Waals surface area (Å²) in [6, 6.07) is 19.1. The second-order valence-corrected chi connectivity index (χ2v) is 18.5. The van der Waals surface area contributed by atoms with Crippen LogP contribution in [0.15, 0.2) is 144 Å². The van der Waals surface area contributed by atoms with E-state index < -0.39 is 0 Å². The van der Waals surface area contributed by atoms with Crippen molar-refractivity contribution >= 4 is 59.7 Å². The number of nitrogens with zero attached hydrogens (tertiary/aromatic N) is 2. The number of rotatable bonds is 5. The number of fused-ring (bicyclic) bond motifs is 16. The molecule has 0 N–H and O–H groups in total. The van der Waals surface area contributed by atoms with Crippen LogP contribution in [0.4, 0.5) is 11.4 Å². The molecule has 0 spiro atoms. The summed E-state index contributed by atoms with van der Waals surface area (Å²) in [5.74, 6) is 4.76. The smallest absolute Gasteiger partial charge is 0.199 e. The molecule has 3 aromatic carbocycles. The molecule has 0 amide bonds. The molecular weight excluding hydrogens is 697 g/mol. The molecule has 1 fully saturated rings. The lowest BCUT2D eigenvalue weighted by molar-refractivity contribution is -0.555. The number of hydrogen-bond acceptors (Lipinski definition) is 2. The third-order valence-corrected chi connectivity index (χ3v) is 16.2. The van der Waals surface area contributed by atoms with Crippen LogP contribution >= 0.6 is 11.3 Å². The van der Waals surface area contributed by atoms with Gasteiger partial charge in [-0.1, -0.05) is 84.9 Å². The molecule has 6 unspecified atom stereocenters. The molecule has 56 heavy (non-hydrogen) atoms. The lowest BCUT2D eigenvalue weighted by Crippen LogP contribution is -2.65. The monoisotopic (exact) mass is 741 g/mol. The molecule has 2 bridgehead atoms. The first-order valence-electron chi connectivity index (χ1n) is 20.6. The van der Waals surface area contributed by atoms with Crippen molar-refractivity contribution in [2.45, 2.75) is 70.4 Å². The average Bonchev–Trinajstić information content (AvgIpc) is 3.74. The molecule has 4 aromatic rings. The number of hydrogen-bond donors (Lipinski definition) is 0. The Morgan fingerprint density at radius 1 is 1.05 bits per heavy atom. The summed E-state index contributed by atoms with van der Waals surface area (Å²) in [6.07, 6.45) is 38.9. The molecule has 2 nitrogen and oxygen atoms in total. The van der Waals surface area contributed by atoms with Crippen LogP contribution in [-0.4, -0.2) is 21.9 Å². The maximum absolute atomic E-state index is 5.93. The van der Waals surface area contributed by atoms with Gasteiger partial charge in [0, 0.05) is 55.8 Å². The molecule has 0 radical (unpaired) electrons. The first-order valence-corrected chi connectivity index (χ1v) is 21.4. The van der Waals surface area contributed by atoms with Crippen molar-refractivity contribution in [2.75, 3.05) is 4.90 Å². The minimum Gasteiger partial charge on any atom is -0.329 e. The second-order valence-electron chi connectivity index (χ2n) is 17.4. The van der Waals surface area contributed by atoms with Crippen LogP contribution in [-0.2, 0) is 5.41 Å². The standard InChI is InChI=1S/C53H45N2S/c1-6-14-34(31(3)7-2)36-17-13-18-37-38(49(36)37)23-22-33-30-52(4)43-29-47-41(28-42(43)44-20-10-11-26-54(44)53(33,52)5)32-15-12-19-40-46(27-32)55(47)45-25-24-39-35-16-8-9-21-48(35)56-51(39)50(40)45/h2,6,8-9,11-19,21,24-30,37-38,46,49H,10,20,22-23H2,1,3-5H3/q+1/b14-6-,34-31+. The van der Waals surface area contributed by atoms with Gasteiger partial charge in [-0.3, -0.25) is 0 Å². The summed E-state index contributed by atoms with van der Waals surface area (Å²) in [5, 5.41) is 2.73. The lowest BCUT2D eigenvalue weighted by Gasteiger charge is -2.54. The molecule has 3 heteroatoms. The van der Waals surface area contributed by atoms with Gasteiger partial charge in [-0.2, -0.15) is 4.58 Å². The molecular formula is C53H45N2S+. The minimum absolute atomic E-state index is 0.108. The Morgan fingerprint density at radius 2 is 1.95 bits per heavy atom. The topological polar surface area (TPSA) is 6.25 Å². The number of benzene rings is 3. The van der Waals surface area contributed by atoms with E-state index in [2.05, 4.69) is 165 Å². The Kier molecular flexibility index (Phi) is 6.63. The predicted molar refractivity (Wildman–Crippen MR) is 237 cm³/mol. The third kappa shape index (κ3) is 4.01. The van der Waals surface area contributed by atoms with Gasteiger partial charge in [-0.15, -0.1) is 17.8 Å². The highest BCUT2D eigenvalue weighted by atomic mass is 32.1. The zero-order chi connectivity index (χ0) is 37.7. The highest BCUT2D eigenvalue weighted by Gasteiger charge is 2.66. The molecule has 1 aromatic heterocycles. The van der Waals surface area contributed by atoms with E-state index in [1.54, 1.807) is 5.57 Å². The van der Waals surface area contributed by atoms with Crippen LogP contribution in [0, 0.1) is 30.1 Å². The highest BCUT2D eigenvalue weighted by molar-refractivity contribution is 7.26. The van der Waals surface area contributed by atoms with E-state index in [1.807, 2.05) is 11.3 Å². The van der Waals surface area contributed by atoms with Crippen molar-refractivity contribution in [3.8, 4) is 12.3 Å². The molecule has 1 saturated carbocycles. The van der Waals surface area contributed by atoms with E-state index in [0.717, 1.165) is 24.8 Å². The van der Waals surface area contributed by atoms with Gasteiger partial charge < -0.3 is 4.90 Å². The van der Waals surface area contributed by atoms with Gasteiger partial charge in [0.25, 0.3) is 0 Å². The summed E-state index contributed by atoms with van der Waals surface area (Å²) in [6.45, 7) is 9.25. The Hall–Kier alpha value is -5.43. The van der Waals surface area contributed by atoms with E-state index in [1.165, 1.54) is 88.2 Å². The van der Waals surface area contributed by atoms with E-state index in [4.69, 9.17) is 6.42 Å². The van der Waals surface area contributed by atoms with Crippen LogP contribution in [0.1, 0.15) is 75.6 Å². The van der Waals surface area contributed by atoms with Gasteiger partial charge in [-0.05, 0) is 128 Å². The van der Waals surface area contributed by atoms with Crippen molar-refractivity contribution in [1.82, 2.24) is 0 Å². The lowest BCUT2D eigenvalue weighted by atomic mass is 9.51. The Balaban J connectivity index is 0.956. The quantitative estimate of drug-likeness (QED) is 0.0854. The summed E-state index contributed by atoms with van der Waals surface area (Å²) in [7, 11) is 0. The molecule has 12 rings (SSSR count). The number of thiophene rings is 1. The van der Waals surface area contributed by atoms with Crippen LogP contribution in [0.3, 0.4) is 0 Å². The highest BCUT2D eigenvalue weighted by Crippen LogP contribution is 2.63. The van der Waals surface area contributed by atoms with Gasteiger partial charge in [0.05, 0.1) is 22.8 Å². The van der Waals surface area contributed by atoms with Crippen molar-refractivity contribution in [3.05, 3.63) is 166 Å². The number of allylic oxidation sites excluding steroid dienone is 13. The van der Waals surface area contributed by atoms with Gasteiger partial charge in [0.2, 0.25) is 0 Å². The van der Waals surface area contributed by atoms with E-state index in [9.17, 15) is 0 Å². The first-order chi connectivity index (χ1) is 27.4. The Bertz CT molecular complexity index is 2900. The normalized spacial score (nSPS) is 29.9. The zero-order valence-corrected chi connectivity index (χ0v) is 33.4. The molecule has 272 valence electrons. The largest absolute Gasteiger partial charge is 0.329 e. The van der Waals surface area contributed by atoms with E-state index in [0.29, 0.717) is 17.8 Å². The average molecular weight is 742 g/mol. The first kappa shape index (κ1) is 32.8. The molecule has 4 aliphatic heterocycles. The summed E-state index contributed by atoms with van der Waals surface area (Å²) < 4.78 is 5.47. The number of anilines is 2. The van der Waals surface area contributed by atoms with E-state index >= 15 is 0 Å². The molecule has 6 atom stereocenters. The molecule has 0 saturated heterocycles. The SMILES string of the molecule is C#C/C(C)=C(\C=C/C)C1=CC=CC2C(CCC3=CC4(C)c5cc6c(cc5C5=[N+](C=CCC5)C34C)C3=CC4C(=CC=C3)c3c(ccc5c3sc3ccccc35)N64)C12. The molecule has 8 aliphatic rings. The van der Waals surface area contributed by atoms with Crippen LogP contribution in [0.25, 0.3) is 31.3 Å². The summed E-state index contributed by atoms with van der Waals surface area (Å²) in [5.41, 5.74) is 17.7. The van der Waals surface area contributed by atoms with Crippen molar-refractivity contribution in [3.63, 3.8) is 0 Å². The zero-order valence-electron chi connectivity index (χ0n) is 32.6. The predicted octanol–water partition coefficient (Wildman–Crippen LogP) is 12.7. The van der Waals surface area contributed by atoms with Crippen LogP contribution < -0.4 is 4.90 Å². The molecule has 5 heterocycles. The minimum atomic E-state index is -0.117. The van der Waals surface area contributed by atoms with Gasteiger partial charge in [0.1, 0.15) is 0 Å². The maximum atomic E-state index is 5.93. The van der Waals surface area contributed by atoms with Crippen LogP contribution in [0.5, 0.6) is 0 Å². The van der Waals surface area contributed by atoms with Crippen molar-refractivity contribution < 1.29 is 4.58 Å². The number of terminal acetylenes is 1. The maximum Gasteiger partial charge on any atom is 0.199 e. The van der Waals surface area contributed by atoms with Gasteiger partial charge in [-0.25, -0.2) is 0 Å². The van der Waals surface area contributed by atoms with E-state index in [-0.39, 0.29) is 17.0 Å². The fourth-order valence-electron chi connectivity index (χ4n) is 12.1. The van der Waals surface area contributed by atoms with Crippen molar-refractivity contribution in [1.29, 1.82) is 0 Å². The van der Waals surface area contributed by atoms with Crippen molar-refractivity contribution in [2.24, 2.45) is 17.8 Å². The van der Waals surface area contributed by atoms with Crippen LogP contribution in [0.2, 0.25) is 0 Å².